The van der Waals surface area contributed by atoms with Crippen molar-refractivity contribution in [3.05, 3.63) is 63.7 Å². The number of nitrogens with zero attached hydrogens (tertiary/aromatic N) is 3. The minimum Gasteiger partial charge on any atom is -0.293 e. The lowest BCUT2D eigenvalue weighted by Crippen LogP contribution is -2.17. The molecule has 0 unspecified atom stereocenters. The molecule has 0 saturated carbocycles. The number of pyridine rings is 1. The van der Waals surface area contributed by atoms with Crippen LogP contribution in [0.1, 0.15) is 16.8 Å². The highest BCUT2D eigenvalue weighted by Gasteiger charge is 2.15. The number of aryl methyl sites for hydroxylation is 2. The molecule has 0 saturated heterocycles. The number of benzene rings is 1. The van der Waals surface area contributed by atoms with Gasteiger partial charge in [0.1, 0.15) is 0 Å². The van der Waals surface area contributed by atoms with Gasteiger partial charge in [0, 0.05) is 16.8 Å². The maximum Gasteiger partial charge on any atom is 0.280 e. The van der Waals surface area contributed by atoms with Gasteiger partial charge in [-0.25, -0.2) is 9.67 Å². The van der Waals surface area contributed by atoms with Crippen molar-refractivity contribution in [2.75, 3.05) is 0 Å². The van der Waals surface area contributed by atoms with Gasteiger partial charge in [-0.15, -0.1) is 0 Å². The summed E-state index contributed by atoms with van der Waals surface area (Å²) in [6, 6.07) is 10.8. The number of nitriles is 1. The van der Waals surface area contributed by atoms with Crippen molar-refractivity contribution in [3.63, 3.8) is 0 Å². The predicted molar refractivity (Wildman–Crippen MR) is 93.9 cm³/mol. The minimum atomic E-state index is -0.183. The lowest BCUT2D eigenvalue weighted by Gasteiger charge is -2.05. The maximum absolute atomic E-state index is 12.8. The Kier molecular flexibility index (Phi) is 4.25. The maximum atomic E-state index is 12.8. The van der Waals surface area contributed by atoms with Crippen LogP contribution in [0.5, 0.6) is 0 Å². The minimum absolute atomic E-state index is 0.183. The molecular formula is C17H15N5OS. The summed E-state index contributed by atoms with van der Waals surface area (Å²) in [4.78, 5) is 18.0. The first-order chi connectivity index (χ1) is 11.5. The Morgan fingerprint density at radius 3 is 2.58 bits per heavy atom. The van der Waals surface area contributed by atoms with Gasteiger partial charge in [0.05, 0.1) is 17.2 Å². The third-order valence-electron chi connectivity index (χ3n) is 3.78. The zero-order valence-electron chi connectivity index (χ0n) is 13.2. The van der Waals surface area contributed by atoms with Crippen LogP contribution in [0.3, 0.4) is 0 Å². The normalized spacial score (nSPS) is 10.6. The van der Waals surface area contributed by atoms with E-state index in [-0.39, 0.29) is 5.56 Å². The van der Waals surface area contributed by atoms with E-state index in [1.54, 1.807) is 30.5 Å². The summed E-state index contributed by atoms with van der Waals surface area (Å²) in [7, 11) is 0. The number of rotatable bonds is 3. The first-order valence-corrected chi connectivity index (χ1v) is 8.09. The Morgan fingerprint density at radius 2 is 2.00 bits per heavy atom. The van der Waals surface area contributed by atoms with Crippen LogP contribution in [0.4, 0.5) is 0 Å². The molecule has 0 spiro atoms. The molecular weight excluding hydrogens is 322 g/mol. The predicted octanol–water partition coefficient (Wildman–Crippen LogP) is 2.68. The van der Waals surface area contributed by atoms with Crippen molar-refractivity contribution >= 4 is 11.9 Å². The molecule has 3 aromatic rings. The third-order valence-corrected chi connectivity index (χ3v) is 4.46. The SMILES string of the molecule is Cc1cc(-n2[nH]c(C)c(-c3ccc(C#N)cc3)c2=O)ncc1SN. The van der Waals surface area contributed by atoms with Gasteiger partial charge in [0.25, 0.3) is 5.56 Å². The van der Waals surface area contributed by atoms with Crippen LogP contribution in [0.15, 0.2) is 46.2 Å². The Balaban J connectivity index is 2.11. The summed E-state index contributed by atoms with van der Waals surface area (Å²) >= 11 is 1.13. The molecule has 0 bridgehead atoms. The Hall–Kier alpha value is -2.82. The quantitative estimate of drug-likeness (QED) is 0.716. The standard InChI is InChI=1S/C17H15N5OS/c1-10-7-15(20-9-14(10)24-19)22-17(23)16(11(2)21-22)13-5-3-12(8-18)4-6-13/h3-7,9,21H,19H2,1-2H3. The summed E-state index contributed by atoms with van der Waals surface area (Å²) in [6.45, 7) is 3.76. The molecule has 6 nitrogen and oxygen atoms in total. The highest BCUT2D eigenvalue weighted by atomic mass is 32.2. The number of nitrogens with two attached hydrogens (primary N) is 1. The van der Waals surface area contributed by atoms with Crippen LogP contribution < -0.4 is 10.7 Å². The van der Waals surface area contributed by atoms with E-state index in [1.165, 1.54) is 4.68 Å². The van der Waals surface area contributed by atoms with Gasteiger partial charge in [0.2, 0.25) is 0 Å². The summed E-state index contributed by atoms with van der Waals surface area (Å²) in [5.74, 6) is 0.512. The van der Waals surface area contributed by atoms with E-state index >= 15 is 0 Å². The number of nitrogens with one attached hydrogen (secondary N) is 1. The van der Waals surface area contributed by atoms with Gasteiger partial charge in [-0.3, -0.25) is 15.0 Å². The second kappa shape index (κ2) is 6.35. The Labute approximate surface area is 143 Å². The second-order valence-electron chi connectivity index (χ2n) is 5.37. The van der Waals surface area contributed by atoms with Crippen molar-refractivity contribution in [2.45, 2.75) is 18.7 Å². The number of aromatic nitrogens is 3. The summed E-state index contributed by atoms with van der Waals surface area (Å²) in [5, 5.41) is 17.5. The monoisotopic (exact) mass is 337 g/mol. The molecule has 0 amide bonds. The number of aromatic amines is 1. The topological polar surface area (TPSA) is 100 Å². The van der Waals surface area contributed by atoms with E-state index in [0.29, 0.717) is 16.9 Å². The fourth-order valence-corrected chi connectivity index (χ4v) is 2.89. The van der Waals surface area contributed by atoms with E-state index in [2.05, 4.69) is 16.2 Å². The van der Waals surface area contributed by atoms with Gasteiger partial charge in [0.15, 0.2) is 5.82 Å². The van der Waals surface area contributed by atoms with E-state index in [4.69, 9.17) is 10.4 Å². The average Bonchev–Trinajstić information content (AvgIpc) is 2.89. The molecule has 0 aliphatic carbocycles. The van der Waals surface area contributed by atoms with Crippen molar-refractivity contribution in [2.24, 2.45) is 5.14 Å². The third kappa shape index (κ3) is 2.73. The average molecular weight is 337 g/mol. The molecule has 1 aromatic carbocycles. The molecule has 120 valence electrons. The Bertz CT molecular complexity index is 995. The molecule has 2 heterocycles. The lowest BCUT2D eigenvalue weighted by atomic mass is 10.1. The van der Waals surface area contributed by atoms with Crippen LogP contribution in [-0.4, -0.2) is 14.8 Å². The first kappa shape index (κ1) is 16.1. The van der Waals surface area contributed by atoms with Crippen molar-refractivity contribution in [1.29, 1.82) is 5.26 Å². The van der Waals surface area contributed by atoms with Crippen LogP contribution in [-0.2, 0) is 0 Å². The fraction of sp³-hybridized carbons (Fsp3) is 0.118. The zero-order chi connectivity index (χ0) is 17.3. The number of H-pyrrole nitrogens is 1. The van der Waals surface area contributed by atoms with Crippen LogP contribution in [0.2, 0.25) is 0 Å². The van der Waals surface area contributed by atoms with Crippen molar-refractivity contribution < 1.29 is 0 Å². The molecule has 0 aliphatic heterocycles. The van der Waals surface area contributed by atoms with Crippen LogP contribution >= 0.6 is 11.9 Å². The van der Waals surface area contributed by atoms with Gasteiger partial charge >= 0.3 is 0 Å². The van der Waals surface area contributed by atoms with Crippen molar-refractivity contribution in [1.82, 2.24) is 14.8 Å². The highest BCUT2D eigenvalue weighted by molar-refractivity contribution is 7.97. The molecule has 0 fully saturated rings. The summed E-state index contributed by atoms with van der Waals surface area (Å²) in [5.41, 5.74) is 3.39. The van der Waals surface area contributed by atoms with Crippen molar-refractivity contribution in [3.8, 4) is 23.0 Å². The van der Waals surface area contributed by atoms with E-state index < -0.39 is 0 Å². The van der Waals surface area contributed by atoms with Gasteiger partial charge in [-0.2, -0.15) is 5.26 Å². The van der Waals surface area contributed by atoms with Gasteiger partial charge in [-0.1, -0.05) is 12.1 Å². The number of hydrogen-bond donors (Lipinski definition) is 2. The molecule has 0 radical (unpaired) electrons. The van der Waals surface area contributed by atoms with Crippen LogP contribution in [0, 0.1) is 25.2 Å². The first-order valence-electron chi connectivity index (χ1n) is 7.21. The summed E-state index contributed by atoms with van der Waals surface area (Å²) < 4.78 is 1.42. The van der Waals surface area contributed by atoms with E-state index in [9.17, 15) is 4.79 Å². The molecule has 7 heteroatoms. The smallest absolute Gasteiger partial charge is 0.280 e. The molecule has 0 aliphatic rings. The lowest BCUT2D eigenvalue weighted by molar-refractivity contribution is 0.802. The molecule has 3 N–H and O–H groups in total. The van der Waals surface area contributed by atoms with Gasteiger partial charge < -0.3 is 0 Å². The van der Waals surface area contributed by atoms with E-state index in [0.717, 1.165) is 33.7 Å². The zero-order valence-corrected chi connectivity index (χ0v) is 14.0. The highest BCUT2D eigenvalue weighted by Crippen LogP contribution is 2.21. The molecule has 0 atom stereocenters. The molecule has 24 heavy (non-hydrogen) atoms. The second-order valence-corrected chi connectivity index (χ2v) is 6.04. The molecule has 2 aromatic heterocycles. The number of hydrogen-bond acceptors (Lipinski definition) is 5. The van der Waals surface area contributed by atoms with E-state index in [1.807, 2.05) is 19.9 Å². The van der Waals surface area contributed by atoms with Gasteiger partial charge in [-0.05, 0) is 55.1 Å². The largest absolute Gasteiger partial charge is 0.293 e. The Morgan fingerprint density at radius 1 is 1.29 bits per heavy atom. The summed E-state index contributed by atoms with van der Waals surface area (Å²) in [6.07, 6.45) is 1.65. The molecule has 3 rings (SSSR count). The van der Waals surface area contributed by atoms with Crippen LogP contribution in [0.25, 0.3) is 16.9 Å². The fourth-order valence-electron chi connectivity index (χ4n) is 2.53.